The number of carbonyl (C=O) groups is 1. The van der Waals surface area contributed by atoms with Gasteiger partial charge in [-0.2, -0.15) is 0 Å². The lowest BCUT2D eigenvalue weighted by atomic mass is 9.84. The maximum atomic E-state index is 11.9. The molecule has 0 aromatic carbocycles. The van der Waals surface area contributed by atoms with Gasteiger partial charge in [0.05, 0.1) is 0 Å². The van der Waals surface area contributed by atoms with E-state index in [0.717, 1.165) is 6.54 Å². The van der Waals surface area contributed by atoms with E-state index >= 15 is 0 Å². The average Bonchev–Trinajstić information content (AvgIpc) is 2.87. The van der Waals surface area contributed by atoms with Crippen molar-refractivity contribution in [2.24, 2.45) is 5.92 Å². The molecular formula is C18H35N3O2. The minimum absolute atomic E-state index is 0.294. The molecule has 134 valence electrons. The molecule has 1 aliphatic carbocycles. The predicted molar refractivity (Wildman–Crippen MR) is 93.6 cm³/mol. The van der Waals surface area contributed by atoms with Gasteiger partial charge in [-0.25, -0.2) is 4.79 Å². The SMILES string of the molecule is CN1CCCC1CNC1CCCCC1CNC(=O)OC(C)(C)C. The van der Waals surface area contributed by atoms with Crippen molar-refractivity contribution in [1.82, 2.24) is 15.5 Å². The van der Waals surface area contributed by atoms with Crippen LogP contribution in [0.4, 0.5) is 4.79 Å². The van der Waals surface area contributed by atoms with Crippen LogP contribution in [0.1, 0.15) is 59.3 Å². The van der Waals surface area contributed by atoms with Gasteiger partial charge in [0.15, 0.2) is 0 Å². The molecule has 2 rings (SSSR count). The molecular weight excluding hydrogens is 290 g/mol. The zero-order valence-corrected chi connectivity index (χ0v) is 15.4. The average molecular weight is 325 g/mol. The van der Waals surface area contributed by atoms with Crippen molar-refractivity contribution < 1.29 is 9.53 Å². The third-order valence-corrected chi connectivity index (χ3v) is 5.10. The Morgan fingerprint density at radius 2 is 1.87 bits per heavy atom. The molecule has 2 fully saturated rings. The molecule has 0 radical (unpaired) electrons. The molecule has 1 saturated heterocycles. The van der Waals surface area contributed by atoms with Crippen molar-refractivity contribution in [3.05, 3.63) is 0 Å². The summed E-state index contributed by atoms with van der Waals surface area (Å²) in [5.41, 5.74) is -0.429. The minimum Gasteiger partial charge on any atom is -0.444 e. The van der Waals surface area contributed by atoms with Gasteiger partial charge in [-0.15, -0.1) is 0 Å². The fraction of sp³-hybridized carbons (Fsp3) is 0.944. The molecule has 1 aliphatic heterocycles. The first kappa shape index (κ1) is 18.5. The van der Waals surface area contributed by atoms with Crippen molar-refractivity contribution in [2.45, 2.75) is 77.0 Å². The van der Waals surface area contributed by atoms with Gasteiger partial charge in [-0.3, -0.25) is 0 Å². The van der Waals surface area contributed by atoms with Gasteiger partial charge in [0.1, 0.15) is 5.60 Å². The number of ether oxygens (including phenoxy) is 1. The van der Waals surface area contributed by atoms with Crippen LogP contribution in [0.5, 0.6) is 0 Å². The molecule has 0 aromatic heterocycles. The van der Waals surface area contributed by atoms with E-state index in [9.17, 15) is 4.79 Å². The fourth-order valence-electron chi connectivity index (χ4n) is 3.77. The van der Waals surface area contributed by atoms with Crippen molar-refractivity contribution in [2.75, 3.05) is 26.7 Å². The van der Waals surface area contributed by atoms with E-state index in [1.54, 1.807) is 0 Å². The van der Waals surface area contributed by atoms with Gasteiger partial charge in [-0.1, -0.05) is 12.8 Å². The van der Waals surface area contributed by atoms with Gasteiger partial charge in [0.25, 0.3) is 0 Å². The number of likely N-dealkylation sites (tertiary alicyclic amines) is 1. The van der Waals surface area contributed by atoms with E-state index in [-0.39, 0.29) is 6.09 Å². The first-order valence-corrected chi connectivity index (χ1v) is 9.25. The topological polar surface area (TPSA) is 53.6 Å². The molecule has 1 saturated carbocycles. The smallest absolute Gasteiger partial charge is 0.407 e. The largest absolute Gasteiger partial charge is 0.444 e. The molecule has 0 bridgehead atoms. The Morgan fingerprint density at radius 1 is 1.13 bits per heavy atom. The van der Waals surface area contributed by atoms with Crippen molar-refractivity contribution >= 4 is 6.09 Å². The highest BCUT2D eigenvalue weighted by Crippen LogP contribution is 2.25. The molecule has 2 aliphatic rings. The number of hydrogen-bond donors (Lipinski definition) is 2. The minimum atomic E-state index is -0.429. The van der Waals surface area contributed by atoms with Gasteiger partial charge < -0.3 is 20.3 Å². The summed E-state index contributed by atoms with van der Waals surface area (Å²) in [6, 6.07) is 1.20. The maximum absolute atomic E-state index is 11.9. The Labute approximate surface area is 141 Å². The monoisotopic (exact) mass is 325 g/mol. The molecule has 2 N–H and O–H groups in total. The summed E-state index contributed by atoms with van der Waals surface area (Å²) >= 11 is 0. The number of carbonyl (C=O) groups excluding carboxylic acids is 1. The van der Waals surface area contributed by atoms with E-state index in [1.165, 1.54) is 45.1 Å². The van der Waals surface area contributed by atoms with Crippen LogP contribution in [0.15, 0.2) is 0 Å². The Bertz CT molecular complexity index is 381. The summed E-state index contributed by atoms with van der Waals surface area (Å²) in [5, 5.41) is 6.75. The fourth-order valence-corrected chi connectivity index (χ4v) is 3.77. The van der Waals surface area contributed by atoms with Crippen LogP contribution in [0.25, 0.3) is 0 Å². The zero-order chi connectivity index (χ0) is 16.9. The lowest BCUT2D eigenvalue weighted by molar-refractivity contribution is 0.0510. The molecule has 23 heavy (non-hydrogen) atoms. The predicted octanol–water partition coefficient (Wildman–Crippen LogP) is 2.75. The van der Waals surface area contributed by atoms with E-state index in [1.807, 2.05) is 20.8 Å². The number of alkyl carbamates (subject to hydrolysis) is 1. The van der Waals surface area contributed by atoms with Crippen LogP contribution in [0.3, 0.4) is 0 Å². The molecule has 0 spiro atoms. The first-order valence-electron chi connectivity index (χ1n) is 9.25. The summed E-state index contributed by atoms with van der Waals surface area (Å²) in [7, 11) is 2.22. The lowest BCUT2D eigenvalue weighted by Gasteiger charge is -2.34. The number of rotatable bonds is 5. The number of amides is 1. The highest BCUT2D eigenvalue weighted by Gasteiger charge is 2.28. The molecule has 1 amide bonds. The third kappa shape index (κ3) is 6.30. The highest BCUT2D eigenvalue weighted by molar-refractivity contribution is 5.67. The summed E-state index contributed by atoms with van der Waals surface area (Å²) in [6.07, 6.45) is 7.29. The summed E-state index contributed by atoms with van der Waals surface area (Å²) < 4.78 is 5.34. The Kier molecular flexibility index (Phi) is 6.72. The summed E-state index contributed by atoms with van der Waals surface area (Å²) in [4.78, 5) is 14.3. The normalized spacial score (nSPS) is 29.5. The van der Waals surface area contributed by atoms with Crippen LogP contribution in [-0.4, -0.2) is 55.4 Å². The number of likely N-dealkylation sites (N-methyl/N-ethyl adjacent to an activating group) is 1. The van der Waals surface area contributed by atoms with E-state index in [4.69, 9.17) is 4.74 Å². The molecule has 5 heteroatoms. The van der Waals surface area contributed by atoms with Crippen LogP contribution < -0.4 is 10.6 Å². The van der Waals surface area contributed by atoms with Gasteiger partial charge in [0, 0.05) is 25.2 Å². The van der Waals surface area contributed by atoms with Gasteiger partial charge in [0.2, 0.25) is 0 Å². The highest BCUT2D eigenvalue weighted by atomic mass is 16.6. The zero-order valence-electron chi connectivity index (χ0n) is 15.4. The standard InChI is InChI=1S/C18H35N3O2/c1-18(2,3)23-17(22)20-12-14-8-5-6-10-16(14)19-13-15-9-7-11-21(15)4/h14-16,19H,5-13H2,1-4H3,(H,20,22). The molecule has 3 unspecified atom stereocenters. The van der Waals surface area contributed by atoms with Crippen LogP contribution in [-0.2, 0) is 4.74 Å². The van der Waals surface area contributed by atoms with Crippen molar-refractivity contribution in [3.8, 4) is 0 Å². The molecule has 1 heterocycles. The Morgan fingerprint density at radius 3 is 2.52 bits per heavy atom. The van der Waals surface area contributed by atoms with Gasteiger partial charge in [-0.05, 0) is 66.0 Å². The molecule has 0 aromatic rings. The van der Waals surface area contributed by atoms with Crippen LogP contribution >= 0.6 is 0 Å². The number of hydrogen-bond acceptors (Lipinski definition) is 4. The Hall–Kier alpha value is -0.810. The van der Waals surface area contributed by atoms with Crippen molar-refractivity contribution in [3.63, 3.8) is 0 Å². The van der Waals surface area contributed by atoms with E-state index < -0.39 is 5.60 Å². The molecule has 5 nitrogen and oxygen atoms in total. The van der Waals surface area contributed by atoms with E-state index in [0.29, 0.717) is 24.5 Å². The second-order valence-electron chi connectivity index (χ2n) is 8.22. The maximum Gasteiger partial charge on any atom is 0.407 e. The second-order valence-corrected chi connectivity index (χ2v) is 8.22. The summed E-state index contributed by atoms with van der Waals surface area (Å²) in [5.74, 6) is 0.517. The second kappa shape index (κ2) is 8.34. The van der Waals surface area contributed by atoms with Crippen molar-refractivity contribution in [1.29, 1.82) is 0 Å². The Balaban J connectivity index is 1.75. The first-order chi connectivity index (χ1) is 10.8. The molecule has 3 atom stereocenters. The third-order valence-electron chi connectivity index (χ3n) is 5.10. The number of nitrogens with zero attached hydrogens (tertiary/aromatic N) is 1. The van der Waals surface area contributed by atoms with Crippen LogP contribution in [0.2, 0.25) is 0 Å². The van der Waals surface area contributed by atoms with Crippen LogP contribution in [0, 0.1) is 5.92 Å². The summed E-state index contributed by atoms with van der Waals surface area (Å²) in [6.45, 7) is 8.71. The van der Waals surface area contributed by atoms with Gasteiger partial charge >= 0.3 is 6.09 Å². The number of nitrogens with one attached hydrogen (secondary N) is 2. The van der Waals surface area contributed by atoms with E-state index in [2.05, 4.69) is 22.6 Å². The lowest BCUT2D eigenvalue weighted by Crippen LogP contribution is -2.48. The quantitative estimate of drug-likeness (QED) is 0.816.